The molecule has 0 amide bonds. The number of hydrogen-bond acceptors (Lipinski definition) is 3. The van der Waals surface area contributed by atoms with Gasteiger partial charge in [-0.25, -0.2) is 0 Å². The molecule has 0 spiro atoms. The summed E-state index contributed by atoms with van der Waals surface area (Å²) in [7, 11) is 0. The molecular formula is C14H11N3. The summed E-state index contributed by atoms with van der Waals surface area (Å²) in [4.78, 5) is 0. The van der Waals surface area contributed by atoms with Crippen LogP contribution in [0.15, 0.2) is 47.2 Å². The molecule has 3 heteroatoms. The number of nitrogens with one attached hydrogen (secondary N) is 1. The van der Waals surface area contributed by atoms with Crippen molar-refractivity contribution in [2.24, 2.45) is 11.8 Å². The number of allylic oxidation sites excluding steroid dienone is 5. The fraction of sp³-hybridized carbons (Fsp3) is 0.286. The number of nitrogens with zero attached hydrogens (tertiary/aromatic N) is 2. The normalized spacial score (nSPS) is 33.1. The van der Waals surface area contributed by atoms with Gasteiger partial charge < -0.3 is 5.32 Å². The Morgan fingerprint density at radius 1 is 1.29 bits per heavy atom. The molecule has 3 rings (SSSR count). The highest BCUT2D eigenvalue weighted by Crippen LogP contribution is 2.38. The Labute approximate surface area is 100 Å². The van der Waals surface area contributed by atoms with Crippen molar-refractivity contribution in [1.29, 1.82) is 10.5 Å². The summed E-state index contributed by atoms with van der Waals surface area (Å²) < 4.78 is 0. The lowest BCUT2D eigenvalue weighted by Gasteiger charge is -2.17. The molecule has 0 saturated carbocycles. The Kier molecular flexibility index (Phi) is 2.13. The zero-order valence-corrected chi connectivity index (χ0v) is 9.22. The molecule has 3 nitrogen and oxygen atoms in total. The minimum absolute atomic E-state index is 0.0286. The van der Waals surface area contributed by atoms with Gasteiger partial charge in [0.15, 0.2) is 0 Å². The zero-order chi connectivity index (χ0) is 11.8. The topological polar surface area (TPSA) is 59.6 Å². The minimum atomic E-state index is -0.0286. The molecule has 0 aromatic carbocycles. The summed E-state index contributed by atoms with van der Waals surface area (Å²) in [5.41, 5.74) is 3.01. The molecule has 1 fully saturated rings. The Bertz CT molecular complexity index is 563. The standard InChI is InChI=1S/C14H11N3/c15-7-9-1-3-13-11(5-9)12-6-10(8-16)2-4-14(12)17-13/h1,3-6,10-11,13,17H,2H2. The van der Waals surface area contributed by atoms with Crippen LogP contribution >= 0.6 is 0 Å². The van der Waals surface area contributed by atoms with Crippen molar-refractivity contribution in [3.05, 3.63) is 47.2 Å². The molecule has 3 atom stereocenters. The lowest BCUT2D eigenvalue weighted by Crippen LogP contribution is -2.24. The number of nitriles is 2. The molecule has 1 heterocycles. The van der Waals surface area contributed by atoms with E-state index in [-0.39, 0.29) is 17.9 Å². The van der Waals surface area contributed by atoms with Crippen molar-refractivity contribution in [1.82, 2.24) is 5.32 Å². The fourth-order valence-corrected chi connectivity index (χ4v) is 2.62. The predicted molar refractivity (Wildman–Crippen MR) is 63.1 cm³/mol. The average Bonchev–Trinajstić information content (AvgIpc) is 2.75. The second kappa shape index (κ2) is 3.64. The summed E-state index contributed by atoms with van der Waals surface area (Å²) in [6, 6.07) is 4.69. The summed E-state index contributed by atoms with van der Waals surface area (Å²) in [6.45, 7) is 0. The third kappa shape index (κ3) is 1.48. The molecule has 1 aliphatic heterocycles. The Balaban J connectivity index is 2.01. The SMILES string of the molecule is N#CC1=CC2C3=CC(C#N)CC=C3NC2C=C1. The van der Waals surface area contributed by atoms with E-state index in [2.05, 4.69) is 23.5 Å². The first-order valence-corrected chi connectivity index (χ1v) is 5.70. The van der Waals surface area contributed by atoms with E-state index in [1.165, 1.54) is 5.57 Å². The molecule has 0 aromatic rings. The molecule has 17 heavy (non-hydrogen) atoms. The van der Waals surface area contributed by atoms with E-state index in [9.17, 15) is 0 Å². The first-order valence-electron chi connectivity index (χ1n) is 5.70. The van der Waals surface area contributed by atoms with Gasteiger partial charge in [0.2, 0.25) is 0 Å². The number of hydrogen-bond donors (Lipinski definition) is 1. The van der Waals surface area contributed by atoms with E-state index in [1.54, 1.807) is 0 Å². The lowest BCUT2D eigenvalue weighted by atomic mass is 9.84. The number of fused-ring (bicyclic) bond motifs is 3. The van der Waals surface area contributed by atoms with Crippen molar-refractivity contribution in [3.8, 4) is 12.1 Å². The van der Waals surface area contributed by atoms with Gasteiger partial charge in [-0.3, -0.25) is 0 Å². The molecule has 0 bridgehead atoms. The van der Waals surface area contributed by atoms with E-state index in [0.717, 1.165) is 12.1 Å². The van der Waals surface area contributed by atoms with E-state index >= 15 is 0 Å². The van der Waals surface area contributed by atoms with Crippen molar-refractivity contribution in [2.45, 2.75) is 12.5 Å². The molecule has 3 unspecified atom stereocenters. The first-order chi connectivity index (χ1) is 8.31. The van der Waals surface area contributed by atoms with E-state index in [1.807, 2.05) is 24.3 Å². The molecule has 82 valence electrons. The van der Waals surface area contributed by atoms with E-state index in [4.69, 9.17) is 10.5 Å². The average molecular weight is 221 g/mol. The van der Waals surface area contributed by atoms with Gasteiger partial charge in [0.05, 0.1) is 24.1 Å². The molecule has 1 saturated heterocycles. The molecule has 0 radical (unpaired) electrons. The van der Waals surface area contributed by atoms with Gasteiger partial charge >= 0.3 is 0 Å². The Hall–Kier alpha value is -2.26. The summed E-state index contributed by atoms with van der Waals surface area (Å²) in [5, 5.41) is 21.3. The van der Waals surface area contributed by atoms with E-state index < -0.39 is 0 Å². The fourth-order valence-electron chi connectivity index (χ4n) is 2.62. The largest absolute Gasteiger partial charge is 0.378 e. The first kappa shape index (κ1) is 9.93. The summed E-state index contributed by atoms with van der Waals surface area (Å²) in [5.74, 6) is 0.177. The molecule has 3 aliphatic rings. The minimum Gasteiger partial charge on any atom is -0.378 e. The van der Waals surface area contributed by atoms with Crippen molar-refractivity contribution in [2.75, 3.05) is 0 Å². The van der Waals surface area contributed by atoms with Gasteiger partial charge in [0, 0.05) is 17.2 Å². The van der Waals surface area contributed by atoms with Crippen LogP contribution in [0.1, 0.15) is 6.42 Å². The van der Waals surface area contributed by atoms with Gasteiger partial charge in [-0.1, -0.05) is 24.3 Å². The van der Waals surface area contributed by atoms with Gasteiger partial charge in [0.1, 0.15) is 0 Å². The lowest BCUT2D eigenvalue weighted by molar-refractivity contribution is 0.649. The molecular weight excluding hydrogens is 210 g/mol. The van der Waals surface area contributed by atoms with Crippen molar-refractivity contribution in [3.63, 3.8) is 0 Å². The smallest absolute Gasteiger partial charge is 0.0988 e. The predicted octanol–water partition coefficient (Wildman–Crippen LogP) is 1.95. The highest BCUT2D eigenvalue weighted by atomic mass is 15.0. The zero-order valence-electron chi connectivity index (χ0n) is 9.22. The van der Waals surface area contributed by atoms with Gasteiger partial charge in [-0.2, -0.15) is 10.5 Å². The Morgan fingerprint density at radius 3 is 2.94 bits per heavy atom. The quantitative estimate of drug-likeness (QED) is 0.680. The van der Waals surface area contributed by atoms with Crippen LogP contribution in [0.5, 0.6) is 0 Å². The summed E-state index contributed by atoms with van der Waals surface area (Å²) in [6.07, 6.45) is 10.8. The monoisotopic (exact) mass is 221 g/mol. The van der Waals surface area contributed by atoms with Gasteiger partial charge in [-0.15, -0.1) is 0 Å². The van der Waals surface area contributed by atoms with Crippen LogP contribution in [0.25, 0.3) is 0 Å². The van der Waals surface area contributed by atoms with Crippen LogP contribution in [0.2, 0.25) is 0 Å². The maximum Gasteiger partial charge on any atom is 0.0988 e. The van der Waals surface area contributed by atoms with Crippen LogP contribution in [0, 0.1) is 34.5 Å². The molecule has 1 N–H and O–H groups in total. The van der Waals surface area contributed by atoms with Gasteiger partial charge in [-0.05, 0) is 18.1 Å². The summed E-state index contributed by atoms with van der Waals surface area (Å²) >= 11 is 0. The molecule has 2 aliphatic carbocycles. The van der Waals surface area contributed by atoms with Crippen LogP contribution in [-0.2, 0) is 0 Å². The van der Waals surface area contributed by atoms with Crippen LogP contribution in [0.3, 0.4) is 0 Å². The third-order valence-corrected chi connectivity index (χ3v) is 3.47. The van der Waals surface area contributed by atoms with Crippen LogP contribution < -0.4 is 5.32 Å². The van der Waals surface area contributed by atoms with Gasteiger partial charge in [0.25, 0.3) is 0 Å². The number of rotatable bonds is 0. The van der Waals surface area contributed by atoms with Crippen molar-refractivity contribution < 1.29 is 0 Å². The maximum absolute atomic E-state index is 8.98. The second-order valence-electron chi connectivity index (χ2n) is 4.50. The van der Waals surface area contributed by atoms with E-state index in [0.29, 0.717) is 5.57 Å². The molecule has 0 aromatic heterocycles. The second-order valence-corrected chi connectivity index (χ2v) is 4.50. The highest BCUT2D eigenvalue weighted by Gasteiger charge is 2.35. The van der Waals surface area contributed by atoms with Crippen LogP contribution in [-0.4, -0.2) is 6.04 Å². The third-order valence-electron chi connectivity index (χ3n) is 3.47. The van der Waals surface area contributed by atoms with Crippen molar-refractivity contribution >= 4 is 0 Å². The highest BCUT2D eigenvalue weighted by molar-refractivity contribution is 5.51. The maximum atomic E-state index is 8.98. The Morgan fingerprint density at radius 2 is 2.18 bits per heavy atom. The van der Waals surface area contributed by atoms with Crippen LogP contribution in [0.4, 0.5) is 0 Å².